The first-order valence-corrected chi connectivity index (χ1v) is 4.89. The molecule has 0 amide bonds. The van der Waals surface area contributed by atoms with Gasteiger partial charge in [0.1, 0.15) is 0 Å². The summed E-state index contributed by atoms with van der Waals surface area (Å²) in [5, 5.41) is 7.77. The Kier molecular flexibility index (Phi) is 4.19. The number of benzene rings is 1. The van der Waals surface area contributed by atoms with E-state index in [-0.39, 0.29) is 17.3 Å². The fraction of sp³-hybridized carbons (Fsp3) is 0.143. The van der Waals surface area contributed by atoms with Crippen molar-refractivity contribution in [2.24, 2.45) is 5.14 Å². The standard InChI is InChI=1S/C7H10N2O2S.ClH/c1-9-6-2-4-7(5-3-6)12(8,10)11;/h2-5,9H,1H3,(H2,8,10,11);1H. The van der Waals surface area contributed by atoms with Crippen LogP contribution in [0.1, 0.15) is 0 Å². The van der Waals surface area contributed by atoms with Crippen LogP contribution in [0.4, 0.5) is 5.69 Å². The SMILES string of the molecule is CNc1ccc(S(N)(=O)=O)cc1.Cl. The number of sulfonamides is 1. The minimum absolute atomic E-state index is 0. The topological polar surface area (TPSA) is 72.2 Å². The van der Waals surface area contributed by atoms with E-state index in [2.05, 4.69) is 5.32 Å². The van der Waals surface area contributed by atoms with Crippen LogP contribution in [-0.4, -0.2) is 15.5 Å². The van der Waals surface area contributed by atoms with Crippen molar-refractivity contribution in [1.82, 2.24) is 0 Å². The summed E-state index contributed by atoms with van der Waals surface area (Å²) < 4.78 is 21.6. The molecule has 0 saturated heterocycles. The number of hydrogen-bond donors (Lipinski definition) is 2. The van der Waals surface area contributed by atoms with E-state index < -0.39 is 10.0 Å². The number of rotatable bonds is 2. The highest BCUT2D eigenvalue weighted by molar-refractivity contribution is 7.89. The number of halogens is 1. The molecule has 0 aliphatic heterocycles. The van der Waals surface area contributed by atoms with Crippen LogP contribution >= 0.6 is 12.4 Å². The van der Waals surface area contributed by atoms with Crippen LogP contribution in [0.15, 0.2) is 29.2 Å². The predicted octanol–water partition coefficient (Wildman–Crippen LogP) is 0.798. The van der Waals surface area contributed by atoms with Crippen LogP contribution < -0.4 is 10.5 Å². The second-order valence-corrected chi connectivity index (χ2v) is 3.88. The zero-order valence-electron chi connectivity index (χ0n) is 7.02. The molecule has 0 bridgehead atoms. The molecule has 6 heteroatoms. The molecule has 0 radical (unpaired) electrons. The van der Waals surface area contributed by atoms with Crippen molar-refractivity contribution in [2.45, 2.75) is 4.90 Å². The molecule has 0 saturated carbocycles. The third kappa shape index (κ3) is 3.22. The average molecular weight is 223 g/mol. The maximum absolute atomic E-state index is 10.8. The van der Waals surface area contributed by atoms with Crippen LogP contribution in [0.5, 0.6) is 0 Å². The molecule has 0 aromatic heterocycles. The first-order valence-electron chi connectivity index (χ1n) is 3.34. The van der Waals surface area contributed by atoms with E-state index in [0.717, 1.165) is 5.69 Å². The Bertz CT molecular complexity index is 361. The third-order valence-electron chi connectivity index (χ3n) is 1.47. The highest BCUT2D eigenvalue weighted by Crippen LogP contribution is 2.11. The molecule has 1 rings (SSSR count). The lowest BCUT2D eigenvalue weighted by Gasteiger charge is -2.00. The number of anilines is 1. The molecular formula is C7H11ClN2O2S. The van der Waals surface area contributed by atoms with E-state index >= 15 is 0 Å². The van der Waals surface area contributed by atoms with Gasteiger partial charge in [0, 0.05) is 12.7 Å². The lowest BCUT2D eigenvalue weighted by Crippen LogP contribution is -2.11. The summed E-state index contributed by atoms with van der Waals surface area (Å²) in [6.45, 7) is 0. The number of nitrogens with two attached hydrogens (primary N) is 1. The van der Waals surface area contributed by atoms with Gasteiger partial charge >= 0.3 is 0 Å². The highest BCUT2D eigenvalue weighted by atomic mass is 35.5. The van der Waals surface area contributed by atoms with Crippen LogP contribution in [0.25, 0.3) is 0 Å². The van der Waals surface area contributed by atoms with E-state index in [0.29, 0.717) is 0 Å². The molecule has 0 unspecified atom stereocenters. The normalized spacial score (nSPS) is 10.3. The van der Waals surface area contributed by atoms with Gasteiger partial charge in [-0.2, -0.15) is 0 Å². The first kappa shape index (κ1) is 12.2. The van der Waals surface area contributed by atoms with Crippen LogP contribution in [0.2, 0.25) is 0 Å². The first-order chi connectivity index (χ1) is 5.54. The summed E-state index contributed by atoms with van der Waals surface area (Å²) >= 11 is 0. The molecule has 0 spiro atoms. The van der Waals surface area contributed by atoms with Gasteiger partial charge in [0.15, 0.2) is 0 Å². The molecule has 0 aliphatic rings. The van der Waals surface area contributed by atoms with Gasteiger partial charge in [-0.3, -0.25) is 0 Å². The molecule has 1 aromatic rings. The van der Waals surface area contributed by atoms with Crippen molar-refractivity contribution in [1.29, 1.82) is 0 Å². The van der Waals surface area contributed by atoms with Crippen LogP contribution in [-0.2, 0) is 10.0 Å². The smallest absolute Gasteiger partial charge is 0.238 e. The van der Waals surface area contributed by atoms with Crippen molar-refractivity contribution in [2.75, 3.05) is 12.4 Å². The van der Waals surface area contributed by atoms with Crippen molar-refractivity contribution >= 4 is 28.1 Å². The second-order valence-electron chi connectivity index (χ2n) is 2.32. The molecule has 0 aliphatic carbocycles. The Balaban J connectivity index is 0.00000144. The molecule has 4 nitrogen and oxygen atoms in total. The molecule has 74 valence electrons. The van der Waals surface area contributed by atoms with Gasteiger partial charge in [0.25, 0.3) is 0 Å². The fourth-order valence-corrected chi connectivity index (χ4v) is 1.33. The van der Waals surface area contributed by atoms with Gasteiger partial charge in [-0.05, 0) is 24.3 Å². The highest BCUT2D eigenvalue weighted by Gasteiger charge is 2.05. The Morgan fingerprint density at radius 2 is 1.69 bits per heavy atom. The molecule has 3 N–H and O–H groups in total. The summed E-state index contributed by atoms with van der Waals surface area (Å²) in [5.74, 6) is 0. The second kappa shape index (κ2) is 4.45. The van der Waals surface area contributed by atoms with Crippen molar-refractivity contribution in [3.63, 3.8) is 0 Å². The van der Waals surface area contributed by atoms with E-state index in [1.54, 1.807) is 19.2 Å². The van der Waals surface area contributed by atoms with Crippen molar-refractivity contribution < 1.29 is 8.42 Å². The number of primary sulfonamides is 1. The summed E-state index contributed by atoms with van der Waals surface area (Å²) in [5.41, 5.74) is 0.849. The Hall–Kier alpha value is -0.780. The lowest BCUT2D eigenvalue weighted by atomic mass is 10.3. The molecule has 0 fully saturated rings. The van der Waals surface area contributed by atoms with E-state index in [1.807, 2.05) is 0 Å². The van der Waals surface area contributed by atoms with Gasteiger partial charge in [-0.25, -0.2) is 13.6 Å². The fourth-order valence-electron chi connectivity index (χ4n) is 0.811. The summed E-state index contributed by atoms with van der Waals surface area (Å²) in [6.07, 6.45) is 0. The van der Waals surface area contributed by atoms with Gasteiger partial charge in [-0.1, -0.05) is 0 Å². The summed E-state index contributed by atoms with van der Waals surface area (Å²) in [6, 6.07) is 6.22. The number of nitrogens with one attached hydrogen (secondary N) is 1. The molecular weight excluding hydrogens is 212 g/mol. The molecule has 0 atom stereocenters. The van der Waals surface area contributed by atoms with Crippen molar-refractivity contribution in [3.8, 4) is 0 Å². The number of hydrogen-bond acceptors (Lipinski definition) is 3. The molecule has 0 heterocycles. The molecule has 1 aromatic carbocycles. The maximum Gasteiger partial charge on any atom is 0.238 e. The van der Waals surface area contributed by atoms with E-state index in [1.165, 1.54) is 12.1 Å². The Labute approximate surface area is 83.6 Å². The minimum atomic E-state index is -3.56. The quantitative estimate of drug-likeness (QED) is 0.778. The Morgan fingerprint density at radius 3 is 2.00 bits per heavy atom. The van der Waals surface area contributed by atoms with Gasteiger partial charge in [0.2, 0.25) is 10.0 Å². The van der Waals surface area contributed by atoms with Gasteiger partial charge in [-0.15, -0.1) is 12.4 Å². The van der Waals surface area contributed by atoms with Gasteiger partial charge < -0.3 is 5.32 Å². The lowest BCUT2D eigenvalue weighted by molar-refractivity contribution is 0.598. The van der Waals surface area contributed by atoms with E-state index in [9.17, 15) is 8.42 Å². The van der Waals surface area contributed by atoms with Crippen molar-refractivity contribution in [3.05, 3.63) is 24.3 Å². The summed E-state index contributed by atoms with van der Waals surface area (Å²) in [7, 11) is -1.80. The zero-order chi connectivity index (χ0) is 9.19. The third-order valence-corrected chi connectivity index (χ3v) is 2.40. The Morgan fingerprint density at radius 1 is 1.23 bits per heavy atom. The van der Waals surface area contributed by atoms with Gasteiger partial charge in [0.05, 0.1) is 4.90 Å². The zero-order valence-corrected chi connectivity index (χ0v) is 8.65. The monoisotopic (exact) mass is 222 g/mol. The predicted molar refractivity (Wildman–Crippen MR) is 54.6 cm³/mol. The minimum Gasteiger partial charge on any atom is -0.388 e. The maximum atomic E-state index is 10.8. The average Bonchev–Trinajstić information content (AvgIpc) is 2.03. The molecule has 13 heavy (non-hydrogen) atoms. The van der Waals surface area contributed by atoms with Crippen LogP contribution in [0.3, 0.4) is 0 Å². The largest absolute Gasteiger partial charge is 0.388 e. The van der Waals surface area contributed by atoms with E-state index in [4.69, 9.17) is 5.14 Å². The summed E-state index contributed by atoms with van der Waals surface area (Å²) in [4.78, 5) is 0.126. The van der Waals surface area contributed by atoms with Crippen LogP contribution in [0, 0.1) is 0 Å².